The summed E-state index contributed by atoms with van der Waals surface area (Å²) in [4.78, 5) is 72.7. The minimum absolute atomic E-state index is 0.0838. The van der Waals surface area contributed by atoms with E-state index in [4.69, 9.17) is 37.0 Å². The number of allylic oxidation sites excluding steroid dienone is 4. The van der Waals surface area contributed by atoms with Crippen LogP contribution in [0.3, 0.4) is 0 Å². The second-order valence-electron chi connectivity index (χ2n) is 27.2. The van der Waals surface area contributed by atoms with Crippen LogP contribution < -0.4 is 0 Å². The lowest BCUT2D eigenvalue weighted by molar-refractivity contribution is -0.161. The van der Waals surface area contributed by atoms with Crippen LogP contribution in [0.5, 0.6) is 0 Å². The van der Waals surface area contributed by atoms with E-state index in [1.165, 1.54) is 141 Å². The fourth-order valence-electron chi connectivity index (χ4n) is 10.7. The fourth-order valence-corrected chi connectivity index (χ4v) is 12.3. The first-order valence-corrected chi connectivity index (χ1v) is 40.7. The van der Waals surface area contributed by atoms with E-state index in [2.05, 4.69) is 72.8 Å². The van der Waals surface area contributed by atoms with Gasteiger partial charge < -0.3 is 33.8 Å². The van der Waals surface area contributed by atoms with Gasteiger partial charge in [0.25, 0.3) is 0 Å². The Balaban J connectivity index is 5.28. The molecule has 93 heavy (non-hydrogen) atoms. The van der Waals surface area contributed by atoms with Crippen LogP contribution in [0.4, 0.5) is 0 Å². The number of hydrogen-bond acceptors (Lipinski definition) is 15. The largest absolute Gasteiger partial charge is 0.472 e. The maximum Gasteiger partial charge on any atom is 0.472 e. The molecule has 4 unspecified atom stereocenters. The molecule has 548 valence electrons. The highest BCUT2D eigenvalue weighted by Gasteiger charge is 2.30. The van der Waals surface area contributed by atoms with Crippen molar-refractivity contribution in [3.05, 3.63) is 24.3 Å². The monoisotopic (exact) mass is 1360 g/mol. The number of unbranched alkanes of at least 4 members (excludes halogenated alkanes) is 34. The zero-order chi connectivity index (χ0) is 68.7. The number of aliphatic hydroxyl groups excluding tert-OH is 1. The van der Waals surface area contributed by atoms with Crippen molar-refractivity contribution < 1.29 is 80.2 Å². The maximum atomic E-state index is 13.0. The number of phosphoric ester groups is 2. The quantitative estimate of drug-likeness (QED) is 0.0169. The molecule has 0 radical (unpaired) electrons. The van der Waals surface area contributed by atoms with Crippen molar-refractivity contribution in [1.82, 2.24) is 0 Å². The Bertz CT molecular complexity index is 1910. The van der Waals surface area contributed by atoms with Gasteiger partial charge in [0.1, 0.15) is 19.3 Å². The lowest BCUT2D eigenvalue weighted by Crippen LogP contribution is -2.30. The molecular weight excluding hydrogens is 1220 g/mol. The van der Waals surface area contributed by atoms with Gasteiger partial charge in [0, 0.05) is 25.7 Å². The van der Waals surface area contributed by atoms with Gasteiger partial charge >= 0.3 is 39.5 Å². The fraction of sp³-hybridized carbons (Fsp3) is 0.892. The third-order valence-electron chi connectivity index (χ3n) is 16.9. The number of carbonyl (C=O) groups is 4. The van der Waals surface area contributed by atoms with Gasteiger partial charge in [-0.3, -0.25) is 37.3 Å². The first-order chi connectivity index (χ1) is 44.8. The van der Waals surface area contributed by atoms with Crippen LogP contribution in [0.2, 0.25) is 0 Å². The molecule has 17 nitrogen and oxygen atoms in total. The Hall–Kier alpha value is -2.46. The summed E-state index contributed by atoms with van der Waals surface area (Å²) in [5, 5.41) is 10.6. The van der Waals surface area contributed by atoms with Crippen molar-refractivity contribution in [2.24, 2.45) is 17.8 Å². The van der Waals surface area contributed by atoms with E-state index in [-0.39, 0.29) is 25.7 Å². The predicted octanol–water partition coefficient (Wildman–Crippen LogP) is 21.0. The van der Waals surface area contributed by atoms with Crippen LogP contribution in [0.1, 0.15) is 350 Å². The average molecular weight is 1360 g/mol. The van der Waals surface area contributed by atoms with Crippen molar-refractivity contribution in [2.75, 3.05) is 39.6 Å². The topological polar surface area (TPSA) is 237 Å². The zero-order valence-electron chi connectivity index (χ0n) is 60.2. The van der Waals surface area contributed by atoms with Crippen LogP contribution in [0.15, 0.2) is 24.3 Å². The number of aliphatic hydroxyl groups is 1. The van der Waals surface area contributed by atoms with Gasteiger partial charge in [0.15, 0.2) is 12.2 Å². The van der Waals surface area contributed by atoms with Crippen LogP contribution in [-0.2, 0) is 65.4 Å². The van der Waals surface area contributed by atoms with E-state index in [1.807, 2.05) is 0 Å². The summed E-state index contributed by atoms with van der Waals surface area (Å²) in [6.45, 7) is 11.8. The summed E-state index contributed by atoms with van der Waals surface area (Å²) in [5.74, 6) is 0.106. The molecule has 3 N–H and O–H groups in total. The maximum absolute atomic E-state index is 13.0. The standard InChI is InChI=1S/C74H140O17P2/c1-8-10-11-12-13-14-15-16-17-20-24-27-35-43-50-57-73(78)90-70(62-85-72(77)56-49-42-37-30-32-39-46-53-66(5)6)64-89-93(82,83)87-60-68(75)59-86-92(80,81)88-63-69(91-74(79)58-51-44-36-29-28-33-40-47-54-67(7)9-2)61-84-71(76)55-48-41-34-26-23-21-18-19-22-25-31-38-45-52-65(3)4/h14-17,65-70,75H,8-13,18-64H2,1-7H3,(H,80,81)(H,82,83)/b15-14-,17-16-/t67?,68?,69-,70-/m1/s1. The van der Waals surface area contributed by atoms with E-state index < -0.39 is 97.5 Å². The summed E-state index contributed by atoms with van der Waals surface area (Å²) in [6.07, 6.45) is 52.2. The third-order valence-corrected chi connectivity index (χ3v) is 18.8. The van der Waals surface area contributed by atoms with Crippen molar-refractivity contribution in [3.63, 3.8) is 0 Å². The molecule has 0 saturated heterocycles. The predicted molar refractivity (Wildman–Crippen MR) is 377 cm³/mol. The summed E-state index contributed by atoms with van der Waals surface area (Å²) in [7, 11) is -9.92. The minimum atomic E-state index is -4.96. The summed E-state index contributed by atoms with van der Waals surface area (Å²) in [5.41, 5.74) is 0. The summed E-state index contributed by atoms with van der Waals surface area (Å²) >= 11 is 0. The first-order valence-electron chi connectivity index (χ1n) is 37.7. The van der Waals surface area contributed by atoms with Gasteiger partial charge in [0.05, 0.1) is 26.4 Å². The van der Waals surface area contributed by atoms with Gasteiger partial charge in [0.2, 0.25) is 0 Å². The van der Waals surface area contributed by atoms with Gasteiger partial charge in [-0.1, -0.05) is 297 Å². The third kappa shape index (κ3) is 66.6. The highest BCUT2D eigenvalue weighted by Crippen LogP contribution is 2.45. The smallest absolute Gasteiger partial charge is 0.462 e. The van der Waals surface area contributed by atoms with E-state index in [0.29, 0.717) is 31.6 Å². The lowest BCUT2D eigenvalue weighted by Gasteiger charge is -2.21. The molecule has 0 amide bonds. The zero-order valence-corrected chi connectivity index (χ0v) is 62.0. The van der Waals surface area contributed by atoms with Gasteiger partial charge in [-0.05, 0) is 69.1 Å². The molecule has 0 aliphatic rings. The minimum Gasteiger partial charge on any atom is -0.462 e. The number of phosphoric acid groups is 2. The Labute approximate surface area is 567 Å². The van der Waals surface area contributed by atoms with E-state index in [1.54, 1.807) is 0 Å². The second-order valence-corrected chi connectivity index (χ2v) is 30.1. The second kappa shape index (κ2) is 64.2. The van der Waals surface area contributed by atoms with Crippen molar-refractivity contribution in [2.45, 2.75) is 369 Å². The highest BCUT2D eigenvalue weighted by molar-refractivity contribution is 7.47. The normalized spacial score (nSPS) is 14.6. The van der Waals surface area contributed by atoms with E-state index in [9.17, 15) is 43.2 Å². The Morgan fingerprint density at radius 1 is 0.355 bits per heavy atom. The molecule has 0 aromatic carbocycles. The molecule has 0 fully saturated rings. The molecule has 0 spiro atoms. The van der Waals surface area contributed by atoms with Crippen LogP contribution in [0, 0.1) is 17.8 Å². The number of ether oxygens (including phenoxy) is 4. The number of carbonyl (C=O) groups excluding carboxylic acids is 4. The lowest BCUT2D eigenvalue weighted by atomic mass is 9.99. The molecule has 0 aromatic rings. The molecule has 0 saturated carbocycles. The van der Waals surface area contributed by atoms with E-state index >= 15 is 0 Å². The van der Waals surface area contributed by atoms with Crippen molar-refractivity contribution in [1.29, 1.82) is 0 Å². The van der Waals surface area contributed by atoms with Crippen molar-refractivity contribution >= 4 is 39.5 Å². The SMILES string of the molecule is CCCCCC/C=C\C=C/CCCCCCCC(=O)O[C@H](COC(=O)CCCCCCCCCC(C)C)COP(=O)(O)OCC(O)COP(=O)(O)OC[C@@H](COC(=O)CCCCCCCCCCCCCCCC(C)C)OC(=O)CCCCCCCCCCC(C)CC. The van der Waals surface area contributed by atoms with Crippen LogP contribution >= 0.6 is 15.6 Å². The molecule has 0 rings (SSSR count). The van der Waals surface area contributed by atoms with Gasteiger partial charge in [-0.25, -0.2) is 9.13 Å². The van der Waals surface area contributed by atoms with Gasteiger partial charge in [-0.15, -0.1) is 0 Å². The molecule has 0 bridgehead atoms. The molecule has 0 aliphatic heterocycles. The van der Waals surface area contributed by atoms with Crippen molar-refractivity contribution in [3.8, 4) is 0 Å². The summed E-state index contributed by atoms with van der Waals surface area (Å²) < 4.78 is 68.4. The Kier molecular flexibility index (Phi) is 62.5. The van der Waals surface area contributed by atoms with Crippen LogP contribution in [0.25, 0.3) is 0 Å². The molecule has 6 atom stereocenters. The Morgan fingerprint density at radius 2 is 0.634 bits per heavy atom. The Morgan fingerprint density at radius 3 is 0.957 bits per heavy atom. The molecule has 0 aliphatic carbocycles. The van der Waals surface area contributed by atoms with E-state index in [0.717, 1.165) is 121 Å². The summed E-state index contributed by atoms with van der Waals surface area (Å²) in [6, 6.07) is 0. The number of rotatable bonds is 70. The number of hydrogen-bond donors (Lipinski definition) is 3. The molecular formula is C74H140O17P2. The average Bonchev–Trinajstić information content (AvgIpc) is 2.39. The molecule has 0 heterocycles. The molecule has 19 heteroatoms. The van der Waals surface area contributed by atoms with Crippen LogP contribution in [-0.4, -0.2) is 96.7 Å². The molecule has 0 aromatic heterocycles. The highest BCUT2D eigenvalue weighted by atomic mass is 31.2. The van der Waals surface area contributed by atoms with Gasteiger partial charge in [-0.2, -0.15) is 0 Å². The number of esters is 4. The first kappa shape index (κ1) is 90.5.